The molecule has 0 aliphatic heterocycles. The molecule has 7 heteroatoms. The molecule has 1 aromatic carbocycles. The lowest BCUT2D eigenvalue weighted by atomic mass is 10.2. The topological polar surface area (TPSA) is 85.8 Å². The highest BCUT2D eigenvalue weighted by molar-refractivity contribution is 5.77. The predicted octanol–water partition coefficient (Wildman–Crippen LogP) is 0.0404. The maximum Gasteiger partial charge on any atom is 0.234 e. The van der Waals surface area contributed by atoms with E-state index < -0.39 is 0 Å². The van der Waals surface area contributed by atoms with Gasteiger partial charge in [-0.1, -0.05) is 23.4 Å². The Morgan fingerprint density at radius 1 is 1.42 bits per heavy atom. The van der Waals surface area contributed by atoms with E-state index in [0.29, 0.717) is 17.8 Å². The maximum absolute atomic E-state index is 13.4. The minimum atomic E-state index is -0.281. The summed E-state index contributed by atoms with van der Waals surface area (Å²) < 4.78 is 15.0. The van der Waals surface area contributed by atoms with E-state index in [-0.39, 0.29) is 24.8 Å². The van der Waals surface area contributed by atoms with Crippen molar-refractivity contribution in [2.24, 2.45) is 5.73 Å². The van der Waals surface area contributed by atoms with Crippen LogP contribution in [0, 0.1) is 5.82 Å². The van der Waals surface area contributed by atoms with Crippen LogP contribution < -0.4 is 11.1 Å². The molecule has 1 amide bonds. The largest absolute Gasteiger partial charge is 0.349 e. The Morgan fingerprint density at radius 3 is 2.95 bits per heavy atom. The second-order valence-corrected chi connectivity index (χ2v) is 3.98. The predicted molar refractivity (Wildman–Crippen MR) is 66.4 cm³/mol. The van der Waals surface area contributed by atoms with Gasteiger partial charge in [-0.2, -0.15) is 0 Å². The number of carbonyl (C=O) groups excluding carboxylic acids is 1. The van der Waals surface area contributed by atoms with Crippen LogP contribution in [-0.4, -0.2) is 27.4 Å². The third-order valence-electron chi connectivity index (χ3n) is 2.53. The van der Waals surface area contributed by atoms with E-state index in [2.05, 4.69) is 15.6 Å². The molecule has 0 bridgehead atoms. The molecule has 0 radical (unpaired) electrons. The minimum absolute atomic E-state index is 0.0661. The molecule has 0 spiro atoms. The molecule has 19 heavy (non-hydrogen) atoms. The Labute approximate surface area is 109 Å². The van der Waals surface area contributed by atoms with Gasteiger partial charge in [0.25, 0.3) is 0 Å². The zero-order valence-electron chi connectivity index (χ0n) is 10.2. The van der Waals surface area contributed by atoms with Crippen LogP contribution in [0.3, 0.4) is 0 Å². The van der Waals surface area contributed by atoms with Crippen LogP contribution in [0.15, 0.2) is 30.5 Å². The van der Waals surface area contributed by atoms with Gasteiger partial charge in [-0.15, -0.1) is 5.10 Å². The molecule has 2 rings (SSSR count). The molecule has 0 atom stereocenters. The molecular formula is C12H14FN5O. The highest BCUT2D eigenvalue weighted by Crippen LogP contribution is 2.08. The van der Waals surface area contributed by atoms with Gasteiger partial charge in [-0.05, 0) is 6.07 Å². The molecular weight excluding hydrogens is 249 g/mol. The summed E-state index contributed by atoms with van der Waals surface area (Å²) in [6, 6.07) is 6.48. The first-order valence-corrected chi connectivity index (χ1v) is 5.78. The Hall–Kier alpha value is -2.28. The average Bonchev–Trinajstić information content (AvgIpc) is 2.86. The smallest absolute Gasteiger partial charge is 0.234 e. The first-order valence-electron chi connectivity index (χ1n) is 5.78. The fourth-order valence-corrected chi connectivity index (χ4v) is 1.56. The number of benzene rings is 1. The van der Waals surface area contributed by atoms with Crippen molar-refractivity contribution < 1.29 is 9.18 Å². The summed E-state index contributed by atoms with van der Waals surface area (Å²) in [5, 5.41) is 10.3. The lowest BCUT2D eigenvalue weighted by Gasteiger charge is -2.02. The Balaban J connectivity index is 1.98. The second kappa shape index (κ2) is 6.05. The lowest BCUT2D eigenvalue weighted by molar-refractivity contribution is -0.119. The van der Waals surface area contributed by atoms with Crippen molar-refractivity contribution >= 4 is 5.91 Å². The summed E-state index contributed by atoms with van der Waals surface area (Å²) in [7, 11) is 0. The van der Waals surface area contributed by atoms with E-state index in [1.165, 1.54) is 10.7 Å². The minimum Gasteiger partial charge on any atom is -0.349 e. The normalized spacial score (nSPS) is 10.4. The first kappa shape index (κ1) is 13.2. The van der Waals surface area contributed by atoms with Crippen LogP contribution in [0.1, 0.15) is 11.3 Å². The number of carbonyl (C=O) groups is 1. The SMILES string of the molecule is NCC(=O)NCc1cn(Cc2ccccc2F)nn1. The summed E-state index contributed by atoms with van der Waals surface area (Å²) in [5.74, 6) is -0.542. The molecule has 1 heterocycles. The standard InChI is InChI=1S/C12H14FN5O/c13-11-4-2-1-3-9(11)7-18-8-10(16-17-18)6-15-12(19)5-14/h1-4,8H,5-7,14H2,(H,15,19). The van der Waals surface area contributed by atoms with E-state index in [1.54, 1.807) is 24.4 Å². The lowest BCUT2D eigenvalue weighted by Crippen LogP contribution is -2.29. The van der Waals surface area contributed by atoms with Gasteiger partial charge in [-0.25, -0.2) is 9.07 Å². The van der Waals surface area contributed by atoms with Crippen molar-refractivity contribution in [3.8, 4) is 0 Å². The number of amides is 1. The summed E-state index contributed by atoms with van der Waals surface area (Å²) in [5.41, 5.74) is 6.29. The number of nitrogens with zero attached hydrogens (tertiary/aromatic N) is 3. The van der Waals surface area contributed by atoms with Gasteiger partial charge in [0.15, 0.2) is 0 Å². The molecule has 3 N–H and O–H groups in total. The number of aromatic nitrogens is 3. The number of hydrogen-bond acceptors (Lipinski definition) is 4. The van der Waals surface area contributed by atoms with Crippen LogP contribution >= 0.6 is 0 Å². The van der Waals surface area contributed by atoms with Gasteiger partial charge in [0.05, 0.1) is 25.8 Å². The van der Waals surface area contributed by atoms with Crippen LogP contribution in [0.2, 0.25) is 0 Å². The van der Waals surface area contributed by atoms with E-state index in [1.807, 2.05) is 0 Å². The number of halogens is 1. The monoisotopic (exact) mass is 263 g/mol. The van der Waals surface area contributed by atoms with Crippen molar-refractivity contribution in [3.05, 3.63) is 47.5 Å². The molecule has 0 aliphatic carbocycles. The van der Waals surface area contributed by atoms with Crippen LogP contribution in [0.4, 0.5) is 4.39 Å². The quantitative estimate of drug-likeness (QED) is 0.797. The Bertz CT molecular complexity index is 569. The molecule has 0 saturated carbocycles. The number of rotatable bonds is 5. The zero-order chi connectivity index (χ0) is 13.7. The number of hydrogen-bond donors (Lipinski definition) is 2. The van der Waals surface area contributed by atoms with Gasteiger partial charge in [-0.3, -0.25) is 4.79 Å². The number of nitrogens with one attached hydrogen (secondary N) is 1. The van der Waals surface area contributed by atoms with Crippen molar-refractivity contribution in [1.82, 2.24) is 20.3 Å². The van der Waals surface area contributed by atoms with Crippen LogP contribution in [-0.2, 0) is 17.9 Å². The van der Waals surface area contributed by atoms with E-state index in [4.69, 9.17) is 5.73 Å². The Morgan fingerprint density at radius 2 is 2.21 bits per heavy atom. The molecule has 0 unspecified atom stereocenters. The van der Waals surface area contributed by atoms with E-state index in [0.717, 1.165) is 0 Å². The molecule has 2 aromatic rings. The molecule has 100 valence electrons. The highest BCUT2D eigenvalue weighted by Gasteiger charge is 2.05. The molecule has 0 saturated heterocycles. The third kappa shape index (κ3) is 3.59. The van der Waals surface area contributed by atoms with Gasteiger partial charge < -0.3 is 11.1 Å². The van der Waals surface area contributed by atoms with Gasteiger partial charge in [0.1, 0.15) is 11.5 Å². The van der Waals surface area contributed by atoms with Gasteiger partial charge in [0, 0.05) is 5.56 Å². The summed E-state index contributed by atoms with van der Waals surface area (Å²) >= 11 is 0. The van der Waals surface area contributed by atoms with Crippen molar-refractivity contribution in [1.29, 1.82) is 0 Å². The molecule has 1 aromatic heterocycles. The van der Waals surface area contributed by atoms with Gasteiger partial charge in [0.2, 0.25) is 5.91 Å². The van der Waals surface area contributed by atoms with Crippen LogP contribution in [0.5, 0.6) is 0 Å². The number of nitrogens with two attached hydrogens (primary N) is 1. The van der Waals surface area contributed by atoms with Crippen LogP contribution in [0.25, 0.3) is 0 Å². The summed E-state index contributed by atoms with van der Waals surface area (Å²) in [6.45, 7) is 0.487. The fraction of sp³-hybridized carbons (Fsp3) is 0.250. The van der Waals surface area contributed by atoms with Crippen molar-refractivity contribution in [3.63, 3.8) is 0 Å². The zero-order valence-corrected chi connectivity index (χ0v) is 10.2. The van der Waals surface area contributed by atoms with Crippen molar-refractivity contribution in [2.45, 2.75) is 13.1 Å². The summed E-state index contributed by atoms with van der Waals surface area (Å²) in [4.78, 5) is 11.0. The van der Waals surface area contributed by atoms with Gasteiger partial charge >= 0.3 is 0 Å². The Kier molecular flexibility index (Phi) is 4.19. The molecule has 0 aliphatic rings. The maximum atomic E-state index is 13.4. The molecule has 6 nitrogen and oxygen atoms in total. The fourth-order valence-electron chi connectivity index (χ4n) is 1.56. The average molecular weight is 263 g/mol. The summed E-state index contributed by atoms with van der Waals surface area (Å²) in [6.07, 6.45) is 1.66. The van der Waals surface area contributed by atoms with E-state index >= 15 is 0 Å². The van der Waals surface area contributed by atoms with Crippen molar-refractivity contribution in [2.75, 3.05) is 6.54 Å². The molecule has 0 fully saturated rings. The third-order valence-corrected chi connectivity index (χ3v) is 2.53. The highest BCUT2D eigenvalue weighted by atomic mass is 19.1. The second-order valence-electron chi connectivity index (χ2n) is 3.98. The first-order chi connectivity index (χ1) is 9.19. The van der Waals surface area contributed by atoms with E-state index in [9.17, 15) is 9.18 Å².